The van der Waals surface area contributed by atoms with E-state index in [1.54, 1.807) is 31.5 Å². The van der Waals surface area contributed by atoms with Gasteiger partial charge in [0.2, 0.25) is 0 Å². The number of ether oxygens (including phenoxy) is 1. The number of carbonyl (C=O) groups is 1. The first-order valence-corrected chi connectivity index (χ1v) is 5.69. The average molecular weight is 251 g/mol. The molecule has 0 spiro atoms. The molecule has 6 nitrogen and oxygen atoms in total. The predicted molar refractivity (Wildman–Crippen MR) is 58.6 cm³/mol. The lowest BCUT2D eigenvalue weighted by molar-refractivity contribution is 0.0475. The van der Waals surface area contributed by atoms with Crippen LogP contribution in [-0.4, -0.2) is 27.8 Å². The van der Waals surface area contributed by atoms with Gasteiger partial charge in [-0.2, -0.15) is 0 Å². The minimum absolute atomic E-state index is 0.136. The van der Waals surface area contributed by atoms with Crippen molar-refractivity contribution in [3.63, 3.8) is 0 Å². The van der Waals surface area contributed by atoms with Crippen molar-refractivity contribution >= 4 is 17.7 Å². The zero-order valence-corrected chi connectivity index (χ0v) is 9.81. The van der Waals surface area contributed by atoms with E-state index in [1.165, 1.54) is 11.8 Å². The maximum Gasteiger partial charge on any atom is 0.396 e. The number of pyridine rings is 1. The van der Waals surface area contributed by atoms with Crippen LogP contribution in [-0.2, 0) is 4.74 Å². The lowest BCUT2D eigenvalue weighted by Gasteiger charge is -1.95. The SMILES string of the molecule is CCOC(=O)c1nnc(Sc2ccncc2)o1. The van der Waals surface area contributed by atoms with Gasteiger partial charge in [0.25, 0.3) is 5.22 Å². The summed E-state index contributed by atoms with van der Waals surface area (Å²) in [5, 5.41) is 7.63. The Bertz CT molecular complexity index is 501. The number of rotatable bonds is 4. The Morgan fingerprint density at radius 1 is 1.41 bits per heavy atom. The number of nitrogens with zero attached hydrogens (tertiary/aromatic N) is 3. The Labute approximate surface area is 101 Å². The molecule has 0 aliphatic heterocycles. The van der Waals surface area contributed by atoms with Gasteiger partial charge in [0.1, 0.15) is 0 Å². The summed E-state index contributed by atoms with van der Waals surface area (Å²) >= 11 is 1.26. The van der Waals surface area contributed by atoms with E-state index in [1.807, 2.05) is 0 Å². The molecule has 2 aromatic rings. The number of carbonyl (C=O) groups excluding carboxylic acids is 1. The summed E-state index contributed by atoms with van der Waals surface area (Å²) in [6.45, 7) is 1.98. The first-order valence-electron chi connectivity index (χ1n) is 4.88. The minimum atomic E-state index is -0.610. The fraction of sp³-hybridized carbons (Fsp3) is 0.200. The maximum absolute atomic E-state index is 11.3. The molecule has 17 heavy (non-hydrogen) atoms. The maximum atomic E-state index is 11.3. The van der Waals surface area contributed by atoms with E-state index in [0.29, 0.717) is 5.22 Å². The van der Waals surface area contributed by atoms with Gasteiger partial charge < -0.3 is 9.15 Å². The standard InChI is InChI=1S/C10H9N3O3S/c1-2-15-9(14)8-12-13-10(16-8)17-7-3-5-11-6-4-7/h3-6H,2H2,1H3. The number of hydrogen-bond donors (Lipinski definition) is 0. The van der Waals surface area contributed by atoms with E-state index in [9.17, 15) is 4.79 Å². The van der Waals surface area contributed by atoms with E-state index in [4.69, 9.17) is 9.15 Å². The summed E-state index contributed by atoms with van der Waals surface area (Å²) in [7, 11) is 0. The molecule has 0 radical (unpaired) electrons. The predicted octanol–water partition coefficient (Wildman–Crippen LogP) is 1.79. The van der Waals surface area contributed by atoms with Crippen molar-refractivity contribution in [1.29, 1.82) is 0 Å². The van der Waals surface area contributed by atoms with Gasteiger partial charge in [-0.3, -0.25) is 4.98 Å². The molecule has 0 unspecified atom stereocenters. The minimum Gasteiger partial charge on any atom is -0.459 e. The Balaban J connectivity index is 2.06. The average Bonchev–Trinajstić information content (AvgIpc) is 2.79. The summed E-state index contributed by atoms with van der Waals surface area (Å²) in [4.78, 5) is 16.1. The molecule has 2 rings (SSSR count). The van der Waals surface area contributed by atoms with Gasteiger partial charge >= 0.3 is 11.9 Å². The molecule has 0 saturated heterocycles. The highest BCUT2D eigenvalue weighted by atomic mass is 32.2. The summed E-state index contributed by atoms with van der Waals surface area (Å²) in [6, 6.07) is 3.61. The van der Waals surface area contributed by atoms with E-state index in [-0.39, 0.29) is 12.5 Å². The monoisotopic (exact) mass is 251 g/mol. The molecule has 88 valence electrons. The fourth-order valence-corrected chi connectivity index (χ4v) is 1.70. The van der Waals surface area contributed by atoms with E-state index in [2.05, 4.69) is 15.2 Å². The lowest BCUT2D eigenvalue weighted by atomic mass is 10.5. The largest absolute Gasteiger partial charge is 0.459 e. The molecule has 2 aromatic heterocycles. The number of aromatic nitrogens is 3. The van der Waals surface area contributed by atoms with Gasteiger partial charge in [0.15, 0.2) is 0 Å². The Kier molecular flexibility index (Phi) is 3.71. The highest BCUT2D eigenvalue weighted by molar-refractivity contribution is 7.99. The lowest BCUT2D eigenvalue weighted by Crippen LogP contribution is -2.04. The van der Waals surface area contributed by atoms with Crippen LogP contribution in [0.15, 0.2) is 39.1 Å². The molecule has 0 N–H and O–H groups in total. The van der Waals surface area contributed by atoms with Gasteiger partial charge in [-0.15, -0.1) is 5.10 Å². The Morgan fingerprint density at radius 2 is 2.18 bits per heavy atom. The third-order valence-corrected chi connectivity index (χ3v) is 2.56. The first kappa shape index (κ1) is 11.6. The van der Waals surface area contributed by atoms with Crippen molar-refractivity contribution in [2.75, 3.05) is 6.61 Å². The zero-order valence-electron chi connectivity index (χ0n) is 8.99. The number of esters is 1. The molecule has 0 aliphatic carbocycles. The second kappa shape index (κ2) is 5.44. The van der Waals surface area contributed by atoms with Gasteiger partial charge in [-0.05, 0) is 30.8 Å². The van der Waals surface area contributed by atoms with Crippen LogP contribution in [0.3, 0.4) is 0 Å². The molecule has 0 aromatic carbocycles. The molecule has 0 atom stereocenters. The molecular formula is C10H9N3O3S. The van der Waals surface area contributed by atoms with Crippen LogP contribution in [0.1, 0.15) is 17.6 Å². The van der Waals surface area contributed by atoms with Crippen molar-refractivity contribution in [2.24, 2.45) is 0 Å². The topological polar surface area (TPSA) is 78.1 Å². The van der Waals surface area contributed by atoms with Crippen LogP contribution in [0.25, 0.3) is 0 Å². The third kappa shape index (κ3) is 3.04. The molecule has 0 saturated carbocycles. The Morgan fingerprint density at radius 3 is 2.88 bits per heavy atom. The van der Waals surface area contributed by atoms with Gasteiger partial charge in [0.05, 0.1) is 6.61 Å². The molecule has 0 aliphatic rings. The van der Waals surface area contributed by atoms with Crippen LogP contribution in [0.2, 0.25) is 0 Å². The Hall–Kier alpha value is -1.89. The third-order valence-electron chi connectivity index (χ3n) is 1.71. The van der Waals surface area contributed by atoms with Crippen LogP contribution in [0, 0.1) is 0 Å². The van der Waals surface area contributed by atoms with Gasteiger partial charge in [0, 0.05) is 17.3 Å². The summed E-state index contributed by atoms with van der Waals surface area (Å²) in [6.07, 6.45) is 3.32. The van der Waals surface area contributed by atoms with Crippen molar-refractivity contribution in [3.8, 4) is 0 Å². The van der Waals surface area contributed by atoms with Gasteiger partial charge in [-0.1, -0.05) is 5.10 Å². The summed E-state index contributed by atoms with van der Waals surface area (Å²) in [5.41, 5.74) is 0. The molecule has 0 amide bonds. The first-order chi connectivity index (χ1) is 8.29. The molecular weight excluding hydrogens is 242 g/mol. The van der Waals surface area contributed by atoms with Crippen LogP contribution >= 0.6 is 11.8 Å². The second-order valence-electron chi connectivity index (χ2n) is 2.88. The van der Waals surface area contributed by atoms with Crippen LogP contribution in [0.4, 0.5) is 0 Å². The molecule has 0 fully saturated rings. The van der Waals surface area contributed by atoms with Crippen molar-refractivity contribution in [3.05, 3.63) is 30.4 Å². The van der Waals surface area contributed by atoms with E-state index >= 15 is 0 Å². The quantitative estimate of drug-likeness (QED) is 0.766. The highest BCUT2D eigenvalue weighted by Crippen LogP contribution is 2.25. The van der Waals surface area contributed by atoms with Crippen molar-refractivity contribution in [1.82, 2.24) is 15.2 Å². The fourth-order valence-electron chi connectivity index (χ4n) is 1.03. The smallest absolute Gasteiger partial charge is 0.396 e. The summed E-state index contributed by atoms with van der Waals surface area (Å²) < 4.78 is 9.88. The zero-order chi connectivity index (χ0) is 12.1. The van der Waals surface area contributed by atoms with E-state index in [0.717, 1.165) is 4.90 Å². The second-order valence-corrected chi connectivity index (χ2v) is 3.90. The van der Waals surface area contributed by atoms with Crippen LogP contribution < -0.4 is 0 Å². The van der Waals surface area contributed by atoms with Crippen molar-refractivity contribution < 1.29 is 13.9 Å². The highest BCUT2D eigenvalue weighted by Gasteiger charge is 2.16. The normalized spacial score (nSPS) is 10.2. The summed E-state index contributed by atoms with van der Waals surface area (Å²) in [5.74, 6) is -0.745. The number of hydrogen-bond acceptors (Lipinski definition) is 7. The van der Waals surface area contributed by atoms with Crippen molar-refractivity contribution in [2.45, 2.75) is 17.0 Å². The van der Waals surface area contributed by atoms with Crippen LogP contribution in [0.5, 0.6) is 0 Å². The molecule has 7 heteroatoms. The van der Waals surface area contributed by atoms with Gasteiger partial charge in [-0.25, -0.2) is 4.79 Å². The van der Waals surface area contributed by atoms with E-state index < -0.39 is 5.97 Å². The molecule has 2 heterocycles. The molecule has 0 bridgehead atoms.